The first-order valence-corrected chi connectivity index (χ1v) is 18.4. The zero-order valence-electron chi connectivity index (χ0n) is 29.5. The standard InChI is InChI=1S/C52H34N2/c1-2-13-37(14-3-1)38-25-31-42(32-26-38)53(43-33-27-40(28-34-43)46-21-12-16-39-15-4-5-17-45(39)46)50-22-9-6-18-47(50)41-29-35-44(36-30-41)54-51-23-10-7-19-48(51)49-20-8-11-24-52(49)54/h1-25,27-31,33-36H. The molecule has 1 aliphatic rings. The number of nitrogens with zero attached hydrogens (tertiary/aromatic N) is 2. The number of fused-ring (bicyclic) bond motifs is 4. The largest absolute Gasteiger partial charge is 0.309 e. The molecule has 0 saturated carbocycles. The molecule has 0 spiro atoms. The molecule has 0 unspecified atom stereocenters. The van der Waals surface area contributed by atoms with Crippen molar-refractivity contribution in [3.05, 3.63) is 229 Å². The number of para-hydroxylation sites is 3. The second-order valence-electron chi connectivity index (χ2n) is 13.6. The van der Waals surface area contributed by atoms with E-state index in [9.17, 15) is 0 Å². The summed E-state index contributed by atoms with van der Waals surface area (Å²) in [6.07, 6.45) is 4.29. The third-order valence-corrected chi connectivity index (χ3v) is 10.4. The Hall–Kier alpha value is -7.34. The van der Waals surface area contributed by atoms with Crippen LogP contribution in [0, 0.1) is 0 Å². The molecule has 8 aromatic carbocycles. The molecule has 0 aliphatic heterocycles. The van der Waals surface area contributed by atoms with Gasteiger partial charge in [0, 0.05) is 33.3 Å². The lowest BCUT2D eigenvalue weighted by Crippen LogP contribution is -2.16. The average Bonchev–Trinajstić information content (AvgIpc) is 3.59. The fourth-order valence-corrected chi connectivity index (χ4v) is 7.87. The summed E-state index contributed by atoms with van der Waals surface area (Å²) in [5.41, 5.74) is 20.4. The maximum atomic E-state index is 3.54. The number of aromatic nitrogens is 1. The van der Waals surface area contributed by atoms with E-state index in [0.29, 0.717) is 0 Å². The van der Waals surface area contributed by atoms with Crippen LogP contribution in [0.3, 0.4) is 0 Å². The Labute approximate surface area is 314 Å². The summed E-state index contributed by atoms with van der Waals surface area (Å²) in [7, 11) is 0. The summed E-state index contributed by atoms with van der Waals surface area (Å²) >= 11 is 0. The lowest BCUT2D eigenvalue weighted by molar-refractivity contribution is 1.18. The molecule has 252 valence electrons. The summed E-state index contributed by atoms with van der Waals surface area (Å²) in [6, 6.07) is 69.3. The van der Waals surface area contributed by atoms with Gasteiger partial charge in [-0.05, 0) is 93.4 Å². The number of rotatable bonds is 7. The van der Waals surface area contributed by atoms with Crippen LogP contribution in [0.25, 0.3) is 66.1 Å². The van der Waals surface area contributed by atoms with E-state index in [1.807, 2.05) is 6.07 Å². The lowest BCUT2D eigenvalue weighted by atomic mass is 9.97. The van der Waals surface area contributed by atoms with Crippen molar-refractivity contribution < 1.29 is 0 Å². The van der Waals surface area contributed by atoms with Crippen LogP contribution in [0.1, 0.15) is 5.56 Å². The highest BCUT2D eigenvalue weighted by Gasteiger charge is 2.20. The van der Waals surface area contributed by atoms with E-state index in [4.69, 9.17) is 0 Å². The fourth-order valence-electron chi connectivity index (χ4n) is 7.87. The van der Waals surface area contributed by atoms with Crippen LogP contribution in [0.4, 0.5) is 11.4 Å². The minimum Gasteiger partial charge on any atom is -0.309 e. The smallest absolute Gasteiger partial charge is 0.0974 e. The van der Waals surface area contributed by atoms with Crippen LogP contribution in [0.2, 0.25) is 0 Å². The van der Waals surface area contributed by atoms with Gasteiger partial charge in [-0.15, -0.1) is 0 Å². The van der Waals surface area contributed by atoms with Gasteiger partial charge in [0.1, 0.15) is 0 Å². The first-order valence-electron chi connectivity index (χ1n) is 18.4. The topological polar surface area (TPSA) is 8.17 Å². The third kappa shape index (κ3) is 5.48. The van der Waals surface area contributed by atoms with Crippen LogP contribution in [0.15, 0.2) is 223 Å². The molecule has 1 heterocycles. The minimum atomic E-state index is 0.918. The zero-order valence-corrected chi connectivity index (χ0v) is 29.5. The lowest BCUT2D eigenvalue weighted by Gasteiger charge is -2.28. The van der Waals surface area contributed by atoms with Crippen molar-refractivity contribution in [2.45, 2.75) is 0 Å². The number of anilines is 2. The summed E-state index contributed by atoms with van der Waals surface area (Å²) in [6.45, 7) is 0. The fraction of sp³-hybridized carbons (Fsp3) is 0. The number of benzene rings is 8. The molecule has 0 bridgehead atoms. The molecular weight excluding hydrogens is 653 g/mol. The van der Waals surface area contributed by atoms with Gasteiger partial charge in [-0.25, -0.2) is 0 Å². The van der Waals surface area contributed by atoms with E-state index in [-0.39, 0.29) is 0 Å². The monoisotopic (exact) mass is 686 g/mol. The molecule has 0 radical (unpaired) electrons. The van der Waals surface area contributed by atoms with Crippen molar-refractivity contribution in [1.82, 2.24) is 4.57 Å². The maximum absolute atomic E-state index is 3.54. The van der Waals surface area contributed by atoms with E-state index in [1.165, 1.54) is 43.7 Å². The van der Waals surface area contributed by atoms with E-state index in [0.717, 1.165) is 45.0 Å². The third-order valence-electron chi connectivity index (χ3n) is 10.4. The van der Waals surface area contributed by atoms with Gasteiger partial charge in [-0.2, -0.15) is 0 Å². The van der Waals surface area contributed by atoms with Crippen LogP contribution < -0.4 is 4.90 Å². The highest BCUT2D eigenvalue weighted by molar-refractivity contribution is 6.09. The molecule has 1 aromatic heterocycles. The molecule has 0 amide bonds. The molecule has 0 saturated heterocycles. The molecule has 54 heavy (non-hydrogen) atoms. The van der Waals surface area contributed by atoms with Gasteiger partial charge >= 0.3 is 0 Å². The number of hydrogen-bond donors (Lipinski definition) is 0. The predicted octanol–water partition coefficient (Wildman–Crippen LogP) is 13.7. The van der Waals surface area contributed by atoms with E-state index >= 15 is 0 Å². The van der Waals surface area contributed by atoms with Crippen LogP contribution in [0.5, 0.6) is 0 Å². The van der Waals surface area contributed by atoms with Crippen LogP contribution >= 0.6 is 0 Å². The quantitative estimate of drug-likeness (QED) is 0.152. The summed E-state index contributed by atoms with van der Waals surface area (Å²) in [5, 5.41) is 5.01. The van der Waals surface area contributed by atoms with E-state index in [2.05, 4.69) is 221 Å². The molecule has 10 rings (SSSR count). The summed E-state index contributed by atoms with van der Waals surface area (Å²) in [4.78, 5) is 2.30. The van der Waals surface area contributed by atoms with Gasteiger partial charge in [0.2, 0.25) is 0 Å². The molecule has 0 fully saturated rings. The molecule has 9 aromatic rings. The Morgan fingerprint density at radius 3 is 1.69 bits per heavy atom. The highest BCUT2D eigenvalue weighted by atomic mass is 15.1. The number of hydrogen-bond acceptors (Lipinski definition) is 1. The molecule has 0 atom stereocenters. The Kier molecular flexibility index (Phi) is 7.75. The summed E-state index contributed by atoms with van der Waals surface area (Å²) in [5.74, 6) is 0. The molecule has 2 heteroatoms. The Bertz CT molecular complexity index is 2930. The van der Waals surface area contributed by atoms with Crippen molar-refractivity contribution in [3.8, 4) is 27.9 Å². The van der Waals surface area contributed by atoms with Crippen LogP contribution in [-0.4, -0.2) is 4.57 Å². The molecule has 0 N–H and O–H groups in total. The van der Waals surface area contributed by atoms with Gasteiger partial charge < -0.3 is 9.47 Å². The first kappa shape index (κ1) is 31.4. The second-order valence-corrected chi connectivity index (χ2v) is 13.6. The van der Waals surface area contributed by atoms with Crippen molar-refractivity contribution in [2.24, 2.45) is 0 Å². The second kappa shape index (κ2) is 13.3. The van der Waals surface area contributed by atoms with Gasteiger partial charge in [0.25, 0.3) is 0 Å². The van der Waals surface area contributed by atoms with Crippen molar-refractivity contribution >= 4 is 49.5 Å². The normalized spacial score (nSPS) is 12.3. The van der Waals surface area contributed by atoms with Gasteiger partial charge in [0.05, 0.1) is 22.4 Å². The predicted molar refractivity (Wildman–Crippen MR) is 227 cm³/mol. The van der Waals surface area contributed by atoms with Crippen molar-refractivity contribution in [2.75, 3.05) is 4.90 Å². The molecule has 2 nitrogen and oxygen atoms in total. The Balaban J connectivity index is 1.10. The summed E-state index contributed by atoms with van der Waals surface area (Å²) < 4.78 is 2.36. The van der Waals surface area contributed by atoms with Crippen molar-refractivity contribution in [3.63, 3.8) is 0 Å². The number of allylic oxidation sites excluding steroid dienone is 3. The Morgan fingerprint density at radius 1 is 0.389 bits per heavy atom. The molecular formula is C52H34N2. The maximum Gasteiger partial charge on any atom is 0.0974 e. The SMILES string of the molecule is C1=C=C(N(c2ccc(-c3cccc4ccccc34)cc2)c2ccccc2-c2ccc(-n3c4ccccc4c4ccccc43)cc2)C=CC=1c1ccccc1. The minimum absolute atomic E-state index is 0.918. The van der Waals surface area contributed by atoms with Crippen LogP contribution in [-0.2, 0) is 0 Å². The van der Waals surface area contributed by atoms with E-state index < -0.39 is 0 Å². The van der Waals surface area contributed by atoms with Gasteiger partial charge in [-0.1, -0.05) is 157 Å². The Morgan fingerprint density at radius 2 is 0.963 bits per heavy atom. The van der Waals surface area contributed by atoms with Crippen molar-refractivity contribution in [1.29, 1.82) is 0 Å². The van der Waals surface area contributed by atoms with Gasteiger partial charge in [-0.3, -0.25) is 0 Å². The van der Waals surface area contributed by atoms with Gasteiger partial charge in [0.15, 0.2) is 0 Å². The molecule has 1 aliphatic carbocycles. The zero-order chi connectivity index (χ0) is 35.8. The average molecular weight is 687 g/mol. The highest BCUT2D eigenvalue weighted by Crippen LogP contribution is 2.41. The first-order chi connectivity index (χ1) is 26.8. The van der Waals surface area contributed by atoms with E-state index in [1.54, 1.807) is 0 Å².